The normalized spacial score (nSPS) is 10.6. The van der Waals surface area contributed by atoms with E-state index in [2.05, 4.69) is 15.3 Å². The van der Waals surface area contributed by atoms with Gasteiger partial charge in [0.1, 0.15) is 11.5 Å². The van der Waals surface area contributed by atoms with Gasteiger partial charge in [-0.25, -0.2) is 9.37 Å². The van der Waals surface area contributed by atoms with Crippen LogP contribution in [0.4, 0.5) is 4.39 Å². The van der Waals surface area contributed by atoms with Gasteiger partial charge < -0.3 is 5.32 Å². The van der Waals surface area contributed by atoms with Crippen LogP contribution in [0.25, 0.3) is 11.0 Å². The van der Waals surface area contributed by atoms with Crippen LogP contribution in [-0.4, -0.2) is 15.9 Å². The van der Waals surface area contributed by atoms with Crippen molar-refractivity contribution in [2.45, 2.75) is 13.5 Å². The molecule has 1 heterocycles. The van der Waals surface area contributed by atoms with E-state index in [1.807, 2.05) is 24.3 Å². The van der Waals surface area contributed by atoms with Gasteiger partial charge in [0.15, 0.2) is 0 Å². The van der Waals surface area contributed by atoms with E-state index in [-0.39, 0.29) is 17.4 Å². The number of carbonyl (C=O) groups is 1. The first-order chi connectivity index (χ1) is 10.6. The topological polar surface area (TPSA) is 54.9 Å². The van der Waals surface area contributed by atoms with E-state index >= 15 is 0 Å². The molecule has 0 saturated carbocycles. The number of rotatable bonds is 3. The van der Waals surface area contributed by atoms with Gasteiger partial charge in [-0.1, -0.05) is 24.3 Å². The molecule has 0 radical (unpaired) electrons. The van der Waals surface area contributed by atoms with Crippen LogP contribution in [-0.2, 0) is 6.54 Å². The molecule has 3 aromatic rings. The number of benzene rings is 2. The number of hydrogen-bond donors (Lipinski definition) is 1. The number of nitrogens with zero attached hydrogens (tertiary/aromatic N) is 2. The molecule has 0 bridgehead atoms. The SMILES string of the molecule is Cc1cc(CNC(=O)c2cnc3ccccc3n2)ccc1F. The molecule has 4 nitrogen and oxygen atoms in total. The van der Waals surface area contributed by atoms with Crippen molar-refractivity contribution in [3.63, 3.8) is 0 Å². The van der Waals surface area contributed by atoms with Crippen molar-refractivity contribution in [3.05, 3.63) is 71.3 Å². The molecule has 1 N–H and O–H groups in total. The molecule has 0 aliphatic carbocycles. The third-order valence-corrected chi connectivity index (χ3v) is 3.36. The lowest BCUT2D eigenvalue weighted by atomic mass is 10.1. The summed E-state index contributed by atoms with van der Waals surface area (Å²) in [6.45, 7) is 2.00. The number of hydrogen-bond acceptors (Lipinski definition) is 3. The monoisotopic (exact) mass is 295 g/mol. The van der Waals surface area contributed by atoms with Gasteiger partial charge in [-0.05, 0) is 36.2 Å². The number of halogens is 1. The Balaban J connectivity index is 1.74. The van der Waals surface area contributed by atoms with Gasteiger partial charge in [0, 0.05) is 6.54 Å². The Morgan fingerprint density at radius 3 is 2.73 bits per heavy atom. The molecule has 1 amide bonds. The van der Waals surface area contributed by atoms with Crippen LogP contribution in [0, 0.1) is 12.7 Å². The van der Waals surface area contributed by atoms with Crippen molar-refractivity contribution >= 4 is 16.9 Å². The fourth-order valence-electron chi connectivity index (χ4n) is 2.16. The molecular weight excluding hydrogens is 281 g/mol. The van der Waals surface area contributed by atoms with Crippen LogP contribution in [0.15, 0.2) is 48.7 Å². The van der Waals surface area contributed by atoms with E-state index in [1.54, 1.807) is 19.1 Å². The summed E-state index contributed by atoms with van der Waals surface area (Å²) in [6, 6.07) is 12.1. The zero-order valence-corrected chi connectivity index (χ0v) is 12.0. The van der Waals surface area contributed by atoms with Gasteiger partial charge in [-0.3, -0.25) is 9.78 Å². The van der Waals surface area contributed by atoms with Crippen LogP contribution in [0.2, 0.25) is 0 Å². The average Bonchev–Trinajstić information content (AvgIpc) is 2.55. The highest BCUT2D eigenvalue weighted by atomic mass is 19.1. The maximum atomic E-state index is 13.2. The fraction of sp³-hybridized carbons (Fsp3) is 0.118. The van der Waals surface area contributed by atoms with Crippen LogP contribution in [0.3, 0.4) is 0 Å². The van der Waals surface area contributed by atoms with Gasteiger partial charge in [0.25, 0.3) is 5.91 Å². The first kappa shape index (κ1) is 14.1. The minimum atomic E-state index is -0.305. The van der Waals surface area contributed by atoms with Crippen LogP contribution < -0.4 is 5.32 Å². The zero-order valence-electron chi connectivity index (χ0n) is 12.0. The summed E-state index contributed by atoms with van der Waals surface area (Å²) in [7, 11) is 0. The van der Waals surface area contributed by atoms with Crippen LogP contribution in [0.1, 0.15) is 21.6 Å². The van der Waals surface area contributed by atoms with E-state index in [9.17, 15) is 9.18 Å². The van der Waals surface area contributed by atoms with E-state index in [4.69, 9.17) is 0 Å². The number of nitrogens with one attached hydrogen (secondary N) is 1. The van der Waals surface area contributed by atoms with E-state index < -0.39 is 0 Å². The summed E-state index contributed by atoms with van der Waals surface area (Å²) in [4.78, 5) is 20.6. The highest BCUT2D eigenvalue weighted by Crippen LogP contribution is 2.10. The second kappa shape index (κ2) is 5.89. The summed E-state index contributed by atoms with van der Waals surface area (Å²) in [5.74, 6) is -0.560. The number of aromatic nitrogens is 2. The molecule has 0 spiro atoms. The van der Waals surface area contributed by atoms with Crippen molar-refractivity contribution in [2.24, 2.45) is 0 Å². The van der Waals surface area contributed by atoms with Crippen LogP contribution >= 0.6 is 0 Å². The summed E-state index contributed by atoms with van der Waals surface area (Å²) >= 11 is 0. The molecule has 0 saturated heterocycles. The van der Waals surface area contributed by atoms with Crippen molar-refractivity contribution in [1.29, 1.82) is 0 Å². The fourth-order valence-corrected chi connectivity index (χ4v) is 2.16. The predicted molar refractivity (Wildman–Crippen MR) is 81.8 cm³/mol. The molecule has 0 aliphatic heterocycles. The Hall–Kier alpha value is -2.82. The molecule has 0 aliphatic rings. The van der Waals surface area contributed by atoms with Gasteiger partial charge >= 0.3 is 0 Å². The van der Waals surface area contributed by atoms with E-state index in [0.29, 0.717) is 17.6 Å². The first-order valence-electron chi connectivity index (χ1n) is 6.88. The highest BCUT2D eigenvalue weighted by molar-refractivity contribution is 5.93. The maximum absolute atomic E-state index is 13.2. The Morgan fingerprint density at radius 1 is 1.18 bits per heavy atom. The average molecular weight is 295 g/mol. The molecule has 22 heavy (non-hydrogen) atoms. The first-order valence-corrected chi connectivity index (χ1v) is 6.88. The largest absolute Gasteiger partial charge is 0.347 e. The molecule has 110 valence electrons. The minimum absolute atomic E-state index is 0.254. The second-order valence-electron chi connectivity index (χ2n) is 5.01. The molecule has 0 atom stereocenters. The smallest absolute Gasteiger partial charge is 0.271 e. The van der Waals surface area contributed by atoms with Crippen molar-refractivity contribution in [1.82, 2.24) is 15.3 Å². The van der Waals surface area contributed by atoms with Gasteiger partial charge in [0.05, 0.1) is 17.2 Å². The summed E-state index contributed by atoms with van der Waals surface area (Å²) < 4.78 is 13.2. The van der Waals surface area contributed by atoms with Crippen molar-refractivity contribution < 1.29 is 9.18 Å². The predicted octanol–water partition coefficient (Wildman–Crippen LogP) is 3.01. The summed E-state index contributed by atoms with van der Waals surface area (Å²) in [5.41, 5.74) is 3.07. The number of aryl methyl sites for hydroxylation is 1. The molecule has 2 aromatic carbocycles. The Morgan fingerprint density at radius 2 is 1.95 bits per heavy atom. The highest BCUT2D eigenvalue weighted by Gasteiger charge is 2.09. The number of amides is 1. The third-order valence-electron chi connectivity index (χ3n) is 3.36. The lowest BCUT2D eigenvalue weighted by Gasteiger charge is -2.06. The standard InChI is InChI=1S/C17H14FN3O/c1-11-8-12(6-7-13(11)18)9-20-17(22)16-10-19-14-4-2-3-5-15(14)21-16/h2-8,10H,9H2,1H3,(H,20,22). The maximum Gasteiger partial charge on any atom is 0.271 e. The number of para-hydroxylation sites is 2. The molecule has 3 rings (SSSR count). The van der Waals surface area contributed by atoms with Crippen molar-refractivity contribution in [2.75, 3.05) is 0 Å². The van der Waals surface area contributed by atoms with Crippen LogP contribution in [0.5, 0.6) is 0 Å². The Bertz CT molecular complexity index is 848. The lowest BCUT2D eigenvalue weighted by Crippen LogP contribution is -2.24. The Labute approximate surface area is 127 Å². The second-order valence-corrected chi connectivity index (χ2v) is 5.01. The van der Waals surface area contributed by atoms with Gasteiger partial charge in [-0.15, -0.1) is 0 Å². The van der Waals surface area contributed by atoms with E-state index in [0.717, 1.165) is 11.1 Å². The molecule has 1 aromatic heterocycles. The molecule has 5 heteroatoms. The summed E-state index contributed by atoms with van der Waals surface area (Å²) in [6.07, 6.45) is 1.45. The lowest BCUT2D eigenvalue weighted by molar-refractivity contribution is 0.0946. The molecular formula is C17H14FN3O. The quantitative estimate of drug-likeness (QED) is 0.808. The molecule has 0 fully saturated rings. The zero-order chi connectivity index (χ0) is 15.5. The van der Waals surface area contributed by atoms with E-state index in [1.165, 1.54) is 12.3 Å². The third kappa shape index (κ3) is 2.93. The van der Waals surface area contributed by atoms with Crippen molar-refractivity contribution in [3.8, 4) is 0 Å². The number of fused-ring (bicyclic) bond motifs is 1. The minimum Gasteiger partial charge on any atom is -0.347 e. The Kier molecular flexibility index (Phi) is 3.78. The molecule has 0 unspecified atom stereocenters. The van der Waals surface area contributed by atoms with Gasteiger partial charge in [-0.2, -0.15) is 0 Å². The summed E-state index contributed by atoms with van der Waals surface area (Å²) in [5, 5.41) is 2.76. The van der Waals surface area contributed by atoms with Gasteiger partial charge in [0.2, 0.25) is 0 Å². The number of carbonyl (C=O) groups excluding carboxylic acids is 1.